The third-order valence-corrected chi connectivity index (χ3v) is 3.30. The van der Waals surface area contributed by atoms with Crippen molar-refractivity contribution in [3.05, 3.63) is 23.1 Å². The summed E-state index contributed by atoms with van der Waals surface area (Å²) in [5.41, 5.74) is 0.402. The maximum Gasteiger partial charge on any atom is 0.256 e. The van der Waals surface area contributed by atoms with Crippen molar-refractivity contribution >= 4 is 17.5 Å². The van der Waals surface area contributed by atoms with Gasteiger partial charge in [0.25, 0.3) is 5.91 Å². The van der Waals surface area contributed by atoms with E-state index in [9.17, 15) is 4.79 Å². The minimum atomic E-state index is -0.172. The Kier molecular flexibility index (Phi) is 5.04. The van der Waals surface area contributed by atoms with Crippen molar-refractivity contribution < 1.29 is 9.21 Å². The van der Waals surface area contributed by atoms with Crippen molar-refractivity contribution in [3.63, 3.8) is 0 Å². The van der Waals surface area contributed by atoms with E-state index in [1.807, 2.05) is 0 Å². The third-order valence-electron chi connectivity index (χ3n) is 3.01. The number of amides is 1. The summed E-state index contributed by atoms with van der Waals surface area (Å²) < 4.78 is 4.88. The van der Waals surface area contributed by atoms with E-state index in [4.69, 9.17) is 16.0 Å². The quantitative estimate of drug-likeness (QED) is 0.783. The molecule has 1 aromatic heterocycles. The van der Waals surface area contributed by atoms with Crippen molar-refractivity contribution in [1.82, 2.24) is 15.5 Å². The zero-order valence-electron chi connectivity index (χ0n) is 10.2. The summed E-state index contributed by atoms with van der Waals surface area (Å²) in [6, 6.07) is 1.58. The number of piperazine rings is 1. The van der Waals surface area contributed by atoms with Gasteiger partial charge >= 0.3 is 0 Å². The summed E-state index contributed by atoms with van der Waals surface area (Å²) in [6.45, 7) is 5.95. The summed E-state index contributed by atoms with van der Waals surface area (Å²) in [4.78, 5) is 14.1. The van der Waals surface area contributed by atoms with Crippen LogP contribution in [-0.2, 0) is 0 Å². The highest BCUT2D eigenvalue weighted by atomic mass is 35.5. The first-order chi connectivity index (χ1) is 8.77. The number of rotatable bonds is 5. The van der Waals surface area contributed by atoms with E-state index >= 15 is 0 Å². The van der Waals surface area contributed by atoms with Crippen LogP contribution in [0, 0.1) is 0 Å². The Morgan fingerprint density at radius 1 is 1.50 bits per heavy atom. The monoisotopic (exact) mass is 271 g/mol. The Morgan fingerprint density at radius 3 is 2.94 bits per heavy atom. The van der Waals surface area contributed by atoms with Gasteiger partial charge in [0.05, 0.1) is 11.8 Å². The first kappa shape index (κ1) is 13.4. The molecule has 5 nitrogen and oxygen atoms in total. The maximum atomic E-state index is 11.7. The van der Waals surface area contributed by atoms with Gasteiger partial charge in [-0.15, -0.1) is 0 Å². The molecular formula is C12H18ClN3O2. The minimum absolute atomic E-state index is 0.148. The van der Waals surface area contributed by atoms with Crippen LogP contribution in [0.15, 0.2) is 16.7 Å². The van der Waals surface area contributed by atoms with Gasteiger partial charge in [0.15, 0.2) is 0 Å². The molecule has 0 radical (unpaired) electrons. The molecule has 1 aliphatic rings. The summed E-state index contributed by atoms with van der Waals surface area (Å²) in [6.07, 6.45) is 2.36. The van der Waals surface area contributed by atoms with Gasteiger partial charge in [-0.1, -0.05) is 0 Å². The van der Waals surface area contributed by atoms with E-state index in [-0.39, 0.29) is 11.1 Å². The van der Waals surface area contributed by atoms with Gasteiger partial charge in [-0.2, -0.15) is 0 Å². The fourth-order valence-electron chi connectivity index (χ4n) is 1.99. The number of furan rings is 1. The SMILES string of the molecule is O=C(NCCCN1CCNCC1)c1ccoc1Cl. The summed E-state index contributed by atoms with van der Waals surface area (Å²) in [5.74, 6) is -0.172. The molecule has 0 saturated carbocycles. The van der Waals surface area contributed by atoms with Crippen LogP contribution in [0.2, 0.25) is 5.22 Å². The summed E-state index contributed by atoms with van der Waals surface area (Å²) in [5, 5.41) is 6.30. The smallest absolute Gasteiger partial charge is 0.256 e. The Balaban J connectivity index is 1.63. The predicted octanol–water partition coefficient (Wildman–Crippen LogP) is 0.958. The van der Waals surface area contributed by atoms with E-state index < -0.39 is 0 Å². The van der Waals surface area contributed by atoms with E-state index in [0.717, 1.165) is 39.1 Å². The molecule has 1 fully saturated rings. The highest BCUT2D eigenvalue weighted by Crippen LogP contribution is 2.15. The molecule has 0 aliphatic carbocycles. The summed E-state index contributed by atoms with van der Waals surface area (Å²) >= 11 is 5.73. The van der Waals surface area contributed by atoms with Gasteiger partial charge in [0.2, 0.25) is 5.22 Å². The topological polar surface area (TPSA) is 57.5 Å². The van der Waals surface area contributed by atoms with E-state index in [1.165, 1.54) is 6.26 Å². The van der Waals surface area contributed by atoms with Crippen LogP contribution in [0.5, 0.6) is 0 Å². The second-order valence-electron chi connectivity index (χ2n) is 4.31. The van der Waals surface area contributed by atoms with Crippen LogP contribution < -0.4 is 10.6 Å². The van der Waals surface area contributed by atoms with Crippen LogP contribution in [0.4, 0.5) is 0 Å². The second-order valence-corrected chi connectivity index (χ2v) is 4.65. The number of hydrogen-bond acceptors (Lipinski definition) is 4. The maximum absolute atomic E-state index is 11.7. The van der Waals surface area contributed by atoms with Crippen molar-refractivity contribution in [2.45, 2.75) is 6.42 Å². The molecule has 0 bridgehead atoms. The predicted molar refractivity (Wildman–Crippen MR) is 70.0 cm³/mol. The van der Waals surface area contributed by atoms with E-state index in [1.54, 1.807) is 6.07 Å². The van der Waals surface area contributed by atoms with Crippen LogP contribution in [0.1, 0.15) is 16.8 Å². The molecule has 0 unspecified atom stereocenters. The van der Waals surface area contributed by atoms with Crippen molar-refractivity contribution in [2.24, 2.45) is 0 Å². The molecule has 0 spiro atoms. The fraction of sp³-hybridized carbons (Fsp3) is 0.583. The van der Waals surface area contributed by atoms with Crippen molar-refractivity contribution in [2.75, 3.05) is 39.3 Å². The van der Waals surface area contributed by atoms with Gasteiger partial charge in [0.1, 0.15) is 0 Å². The molecule has 2 heterocycles. The average Bonchev–Trinajstić information content (AvgIpc) is 2.82. The Labute approximate surface area is 111 Å². The minimum Gasteiger partial charge on any atom is -0.452 e. The van der Waals surface area contributed by atoms with Gasteiger partial charge in [0, 0.05) is 32.7 Å². The zero-order valence-corrected chi connectivity index (χ0v) is 11.0. The molecule has 0 atom stereocenters. The largest absolute Gasteiger partial charge is 0.452 e. The van der Waals surface area contributed by atoms with Gasteiger partial charge in [-0.3, -0.25) is 4.79 Å². The standard InChI is InChI=1S/C12H18ClN3O2/c13-11-10(2-9-18-11)12(17)15-3-1-6-16-7-4-14-5-8-16/h2,9,14H,1,3-8H2,(H,15,17). The number of carbonyl (C=O) groups excluding carboxylic acids is 1. The van der Waals surface area contributed by atoms with Crippen LogP contribution in [-0.4, -0.2) is 50.1 Å². The lowest BCUT2D eigenvalue weighted by Gasteiger charge is -2.27. The number of nitrogens with one attached hydrogen (secondary N) is 2. The van der Waals surface area contributed by atoms with E-state index in [0.29, 0.717) is 12.1 Å². The number of carbonyl (C=O) groups is 1. The van der Waals surface area contributed by atoms with Crippen LogP contribution in [0.3, 0.4) is 0 Å². The van der Waals surface area contributed by atoms with Gasteiger partial charge in [-0.05, 0) is 30.6 Å². The normalized spacial score (nSPS) is 16.7. The lowest BCUT2D eigenvalue weighted by atomic mass is 10.3. The fourth-order valence-corrected chi connectivity index (χ4v) is 2.19. The molecular weight excluding hydrogens is 254 g/mol. The van der Waals surface area contributed by atoms with Crippen molar-refractivity contribution in [1.29, 1.82) is 0 Å². The number of nitrogens with zero attached hydrogens (tertiary/aromatic N) is 1. The Morgan fingerprint density at radius 2 is 2.28 bits per heavy atom. The molecule has 18 heavy (non-hydrogen) atoms. The molecule has 1 saturated heterocycles. The van der Waals surface area contributed by atoms with Crippen LogP contribution in [0.25, 0.3) is 0 Å². The molecule has 2 rings (SSSR count). The summed E-state index contributed by atoms with van der Waals surface area (Å²) in [7, 11) is 0. The molecule has 6 heteroatoms. The Bertz CT molecular complexity index is 388. The lowest BCUT2D eigenvalue weighted by Crippen LogP contribution is -2.44. The number of halogens is 1. The van der Waals surface area contributed by atoms with Gasteiger partial charge < -0.3 is 20.0 Å². The molecule has 2 N–H and O–H groups in total. The molecule has 1 aromatic rings. The molecule has 1 amide bonds. The molecule has 0 aromatic carbocycles. The highest BCUT2D eigenvalue weighted by Gasteiger charge is 2.12. The first-order valence-corrected chi connectivity index (χ1v) is 6.59. The van der Waals surface area contributed by atoms with Crippen LogP contribution >= 0.6 is 11.6 Å². The lowest BCUT2D eigenvalue weighted by molar-refractivity contribution is 0.0951. The second kappa shape index (κ2) is 6.78. The third kappa shape index (κ3) is 3.73. The first-order valence-electron chi connectivity index (χ1n) is 6.21. The highest BCUT2D eigenvalue weighted by molar-refractivity contribution is 6.32. The average molecular weight is 272 g/mol. The van der Waals surface area contributed by atoms with E-state index in [2.05, 4.69) is 15.5 Å². The zero-order chi connectivity index (χ0) is 12.8. The number of hydrogen-bond donors (Lipinski definition) is 2. The molecule has 1 aliphatic heterocycles. The Hall–Kier alpha value is -1.04. The van der Waals surface area contributed by atoms with Gasteiger partial charge in [-0.25, -0.2) is 0 Å². The molecule has 100 valence electrons. The van der Waals surface area contributed by atoms with Crippen molar-refractivity contribution in [3.8, 4) is 0 Å².